The van der Waals surface area contributed by atoms with Crippen molar-refractivity contribution in [2.75, 3.05) is 14.2 Å². The first-order valence-electron chi connectivity index (χ1n) is 5.49. The van der Waals surface area contributed by atoms with Gasteiger partial charge >= 0.3 is 0 Å². The standard InChI is InChI=1S/C13H15BrO3/c1-13(6-7-13)12(15)8-4-5-9(16-2)10(14)11(8)17-3/h4-5H,6-7H2,1-3H3. The first-order chi connectivity index (χ1) is 8.03. The molecular weight excluding hydrogens is 284 g/mol. The number of ketones is 1. The molecule has 0 bridgehead atoms. The van der Waals surface area contributed by atoms with Crippen molar-refractivity contribution in [2.24, 2.45) is 5.41 Å². The second-order valence-corrected chi connectivity index (χ2v) is 5.35. The maximum Gasteiger partial charge on any atom is 0.172 e. The number of Topliss-reactive ketones (excluding diaryl/α,β-unsaturated/α-hetero) is 1. The molecule has 3 nitrogen and oxygen atoms in total. The third-order valence-electron chi connectivity index (χ3n) is 3.28. The Morgan fingerprint density at radius 3 is 2.41 bits per heavy atom. The number of benzene rings is 1. The summed E-state index contributed by atoms with van der Waals surface area (Å²) in [6, 6.07) is 3.56. The molecule has 1 saturated carbocycles. The van der Waals surface area contributed by atoms with Crippen LogP contribution in [0.3, 0.4) is 0 Å². The van der Waals surface area contributed by atoms with Crippen molar-refractivity contribution >= 4 is 21.7 Å². The van der Waals surface area contributed by atoms with E-state index in [1.807, 2.05) is 6.92 Å². The van der Waals surface area contributed by atoms with Crippen molar-refractivity contribution in [2.45, 2.75) is 19.8 Å². The van der Waals surface area contributed by atoms with Crippen LogP contribution in [0, 0.1) is 5.41 Å². The number of ether oxygens (including phenoxy) is 2. The lowest BCUT2D eigenvalue weighted by Gasteiger charge is -2.15. The minimum absolute atomic E-state index is 0.151. The summed E-state index contributed by atoms with van der Waals surface area (Å²) < 4.78 is 11.2. The van der Waals surface area contributed by atoms with Gasteiger partial charge in [-0.3, -0.25) is 4.79 Å². The van der Waals surface area contributed by atoms with Crippen molar-refractivity contribution in [1.82, 2.24) is 0 Å². The Labute approximate surface area is 109 Å². The average Bonchev–Trinajstić information content (AvgIpc) is 3.07. The van der Waals surface area contributed by atoms with E-state index in [9.17, 15) is 4.79 Å². The molecule has 92 valence electrons. The van der Waals surface area contributed by atoms with Crippen LogP contribution < -0.4 is 9.47 Å². The Kier molecular flexibility index (Phi) is 3.17. The first kappa shape index (κ1) is 12.4. The zero-order valence-electron chi connectivity index (χ0n) is 10.2. The predicted molar refractivity (Wildman–Crippen MR) is 68.9 cm³/mol. The van der Waals surface area contributed by atoms with Crippen LogP contribution in [-0.2, 0) is 0 Å². The van der Waals surface area contributed by atoms with Gasteiger partial charge in [-0.1, -0.05) is 6.92 Å². The van der Waals surface area contributed by atoms with Gasteiger partial charge in [0.2, 0.25) is 0 Å². The van der Waals surface area contributed by atoms with Crippen molar-refractivity contribution < 1.29 is 14.3 Å². The summed E-state index contributed by atoms with van der Waals surface area (Å²) >= 11 is 3.41. The summed E-state index contributed by atoms with van der Waals surface area (Å²) in [7, 11) is 3.15. The molecule has 0 aromatic heterocycles. The number of rotatable bonds is 4. The molecule has 0 unspecified atom stereocenters. The van der Waals surface area contributed by atoms with E-state index in [0.29, 0.717) is 21.5 Å². The van der Waals surface area contributed by atoms with E-state index in [4.69, 9.17) is 9.47 Å². The highest BCUT2D eigenvalue weighted by Gasteiger charge is 2.46. The van der Waals surface area contributed by atoms with Crippen LogP contribution in [0.2, 0.25) is 0 Å². The van der Waals surface area contributed by atoms with Gasteiger partial charge in [-0.05, 0) is 40.9 Å². The minimum atomic E-state index is -0.193. The van der Waals surface area contributed by atoms with E-state index in [1.165, 1.54) is 0 Å². The molecule has 0 N–H and O–H groups in total. The van der Waals surface area contributed by atoms with E-state index in [1.54, 1.807) is 26.4 Å². The van der Waals surface area contributed by atoms with Gasteiger partial charge in [-0.15, -0.1) is 0 Å². The molecule has 0 heterocycles. The van der Waals surface area contributed by atoms with Gasteiger partial charge in [0.05, 0.1) is 19.8 Å². The fourth-order valence-corrected chi connectivity index (χ4v) is 2.48. The molecule has 1 aliphatic carbocycles. The average molecular weight is 299 g/mol. The van der Waals surface area contributed by atoms with Crippen LogP contribution in [0.1, 0.15) is 30.1 Å². The monoisotopic (exact) mass is 298 g/mol. The Bertz CT molecular complexity index is 464. The van der Waals surface area contributed by atoms with Crippen molar-refractivity contribution in [3.05, 3.63) is 22.2 Å². The van der Waals surface area contributed by atoms with Crippen LogP contribution in [-0.4, -0.2) is 20.0 Å². The highest BCUT2D eigenvalue weighted by molar-refractivity contribution is 9.10. The second kappa shape index (κ2) is 4.33. The highest BCUT2D eigenvalue weighted by atomic mass is 79.9. The third-order valence-corrected chi connectivity index (χ3v) is 4.03. The van der Waals surface area contributed by atoms with E-state index in [2.05, 4.69) is 15.9 Å². The quantitative estimate of drug-likeness (QED) is 0.799. The minimum Gasteiger partial charge on any atom is -0.495 e. The highest BCUT2D eigenvalue weighted by Crippen LogP contribution is 2.50. The van der Waals surface area contributed by atoms with Crippen LogP contribution >= 0.6 is 15.9 Å². The summed E-state index contributed by atoms with van der Waals surface area (Å²) in [5.74, 6) is 1.37. The van der Waals surface area contributed by atoms with E-state index < -0.39 is 0 Å². The largest absolute Gasteiger partial charge is 0.495 e. The molecule has 0 aliphatic heterocycles. The Morgan fingerprint density at radius 2 is 1.94 bits per heavy atom. The second-order valence-electron chi connectivity index (χ2n) is 4.55. The molecule has 17 heavy (non-hydrogen) atoms. The summed E-state index contributed by atoms with van der Waals surface area (Å²) in [5.41, 5.74) is 0.432. The van der Waals surface area contributed by atoms with Crippen molar-refractivity contribution in [1.29, 1.82) is 0 Å². The van der Waals surface area contributed by atoms with Crippen molar-refractivity contribution in [3.63, 3.8) is 0 Å². The van der Waals surface area contributed by atoms with Gasteiger partial charge in [0.1, 0.15) is 16.0 Å². The van der Waals surface area contributed by atoms with Crippen molar-refractivity contribution in [3.8, 4) is 11.5 Å². The van der Waals surface area contributed by atoms with E-state index in [-0.39, 0.29) is 11.2 Å². The molecule has 0 atom stereocenters. The summed E-state index contributed by atoms with van der Waals surface area (Å²) in [6.45, 7) is 1.99. The molecule has 1 aromatic carbocycles. The number of carbonyl (C=O) groups excluding carboxylic acids is 1. The lowest BCUT2D eigenvalue weighted by Crippen LogP contribution is -2.13. The molecule has 0 radical (unpaired) electrons. The normalized spacial score (nSPS) is 16.5. The molecule has 1 aliphatic rings. The summed E-state index contributed by atoms with van der Waals surface area (Å²) in [5, 5.41) is 0. The van der Waals surface area contributed by atoms with E-state index in [0.717, 1.165) is 12.8 Å². The lowest BCUT2D eigenvalue weighted by molar-refractivity contribution is 0.0909. The number of hydrogen-bond donors (Lipinski definition) is 0. The Morgan fingerprint density at radius 1 is 1.29 bits per heavy atom. The van der Waals surface area contributed by atoms with Crippen LogP contribution in [0.4, 0.5) is 0 Å². The maximum atomic E-state index is 12.3. The maximum absolute atomic E-state index is 12.3. The number of hydrogen-bond acceptors (Lipinski definition) is 3. The lowest BCUT2D eigenvalue weighted by atomic mass is 9.96. The van der Waals surface area contributed by atoms with Gasteiger partial charge in [-0.2, -0.15) is 0 Å². The van der Waals surface area contributed by atoms with Gasteiger partial charge in [0.25, 0.3) is 0 Å². The van der Waals surface area contributed by atoms with Gasteiger partial charge < -0.3 is 9.47 Å². The fourth-order valence-electron chi connectivity index (χ4n) is 1.81. The third kappa shape index (κ3) is 2.06. The van der Waals surface area contributed by atoms with E-state index >= 15 is 0 Å². The molecule has 0 spiro atoms. The van der Waals surface area contributed by atoms with Crippen LogP contribution in [0.5, 0.6) is 11.5 Å². The Balaban J connectivity index is 2.47. The Hall–Kier alpha value is -1.03. The van der Waals surface area contributed by atoms with Gasteiger partial charge in [-0.25, -0.2) is 0 Å². The summed E-state index contributed by atoms with van der Waals surface area (Å²) in [4.78, 5) is 12.3. The predicted octanol–water partition coefficient (Wildman–Crippen LogP) is 3.45. The van der Waals surface area contributed by atoms with Gasteiger partial charge in [0.15, 0.2) is 5.78 Å². The topological polar surface area (TPSA) is 35.5 Å². The van der Waals surface area contributed by atoms with Crippen LogP contribution in [0.15, 0.2) is 16.6 Å². The zero-order valence-corrected chi connectivity index (χ0v) is 11.8. The number of halogens is 1. The molecular formula is C13H15BrO3. The fraction of sp³-hybridized carbons (Fsp3) is 0.462. The molecule has 0 saturated heterocycles. The number of carbonyl (C=O) groups is 1. The zero-order chi connectivity index (χ0) is 12.6. The van der Waals surface area contributed by atoms with Crippen LogP contribution in [0.25, 0.3) is 0 Å². The first-order valence-corrected chi connectivity index (χ1v) is 6.28. The molecule has 1 fully saturated rings. The SMILES string of the molecule is COc1ccc(C(=O)C2(C)CC2)c(OC)c1Br. The molecule has 1 aromatic rings. The summed E-state index contributed by atoms with van der Waals surface area (Å²) in [6.07, 6.45) is 1.91. The molecule has 0 amide bonds. The smallest absolute Gasteiger partial charge is 0.172 e. The molecule has 4 heteroatoms. The van der Waals surface area contributed by atoms with Gasteiger partial charge in [0, 0.05) is 5.41 Å². The number of methoxy groups -OCH3 is 2. The molecule has 2 rings (SSSR count).